The van der Waals surface area contributed by atoms with Crippen LogP contribution in [0.5, 0.6) is 0 Å². The Bertz CT molecular complexity index is 396. The third-order valence-electron chi connectivity index (χ3n) is 2.95. The van der Waals surface area contributed by atoms with Crippen molar-refractivity contribution >= 4 is 10.8 Å². The van der Waals surface area contributed by atoms with E-state index in [1.807, 2.05) is 6.07 Å². The van der Waals surface area contributed by atoms with Crippen LogP contribution in [0, 0.1) is 0 Å². The van der Waals surface area contributed by atoms with Crippen molar-refractivity contribution in [2.24, 2.45) is 0 Å². The van der Waals surface area contributed by atoms with Gasteiger partial charge < -0.3 is 9.84 Å². The van der Waals surface area contributed by atoms with Crippen LogP contribution in [0.4, 0.5) is 0 Å². The molecule has 1 aliphatic rings. The van der Waals surface area contributed by atoms with E-state index >= 15 is 0 Å². The summed E-state index contributed by atoms with van der Waals surface area (Å²) in [6.07, 6.45) is 0. The number of rotatable bonds is 5. The SMILES string of the molecule is CC(C)NCc1cc(CN2CCS(=O)CC2)on1. The second-order valence-electron chi connectivity index (χ2n) is 4.94. The summed E-state index contributed by atoms with van der Waals surface area (Å²) in [4.78, 5) is 2.27. The van der Waals surface area contributed by atoms with Crippen LogP contribution in [-0.4, -0.2) is 44.9 Å². The summed E-state index contributed by atoms with van der Waals surface area (Å²) in [7, 11) is -0.620. The first-order valence-electron chi connectivity index (χ1n) is 6.38. The molecule has 1 aliphatic heterocycles. The highest BCUT2D eigenvalue weighted by Crippen LogP contribution is 2.10. The van der Waals surface area contributed by atoms with Crippen molar-refractivity contribution in [3.8, 4) is 0 Å². The molecule has 1 fully saturated rings. The second-order valence-corrected chi connectivity index (χ2v) is 6.64. The Morgan fingerprint density at radius 2 is 2.22 bits per heavy atom. The van der Waals surface area contributed by atoms with E-state index in [4.69, 9.17) is 4.52 Å². The minimum atomic E-state index is -0.620. The van der Waals surface area contributed by atoms with Crippen molar-refractivity contribution in [3.05, 3.63) is 17.5 Å². The van der Waals surface area contributed by atoms with Crippen LogP contribution < -0.4 is 5.32 Å². The fourth-order valence-corrected chi connectivity index (χ4v) is 3.00. The zero-order valence-corrected chi connectivity index (χ0v) is 11.8. The van der Waals surface area contributed by atoms with Gasteiger partial charge in [-0.2, -0.15) is 0 Å². The van der Waals surface area contributed by atoms with Crippen LogP contribution in [0.25, 0.3) is 0 Å². The molecule has 102 valence electrons. The Morgan fingerprint density at radius 3 is 2.89 bits per heavy atom. The van der Waals surface area contributed by atoms with Gasteiger partial charge in [0.05, 0.1) is 12.2 Å². The summed E-state index contributed by atoms with van der Waals surface area (Å²) in [5.41, 5.74) is 0.944. The molecule has 2 heterocycles. The van der Waals surface area contributed by atoms with Gasteiger partial charge in [0.1, 0.15) is 0 Å². The number of nitrogens with one attached hydrogen (secondary N) is 1. The van der Waals surface area contributed by atoms with Crippen molar-refractivity contribution in [3.63, 3.8) is 0 Å². The van der Waals surface area contributed by atoms with Crippen molar-refractivity contribution in [1.82, 2.24) is 15.4 Å². The lowest BCUT2D eigenvalue weighted by molar-refractivity contribution is 0.248. The molecule has 1 aromatic rings. The predicted molar refractivity (Wildman–Crippen MR) is 71.6 cm³/mol. The third kappa shape index (κ3) is 4.19. The molecule has 0 bridgehead atoms. The molecule has 0 radical (unpaired) electrons. The molecule has 2 rings (SSSR count). The first-order valence-corrected chi connectivity index (χ1v) is 7.87. The molecular formula is C12H21N3O2S. The Hall–Kier alpha value is -0.720. The molecule has 0 saturated carbocycles. The molecule has 0 spiro atoms. The van der Waals surface area contributed by atoms with Gasteiger partial charge in [0, 0.05) is 54.0 Å². The fourth-order valence-electron chi connectivity index (χ4n) is 1.88. The van der Waals surface area contributed by atoms with Crippen molar-refractivity contribution in [2.75, 3.05) is 24.6 Å². The molecule has 6 heteroatoms. The quantitative estimate of drug-likeness (QED) is 0.856. The van der Waals surface area contributed by atoms with Gasteiger partial charge in [-0.15, -0.1) is 0 Å². The molecule has 1 saturated heterocycles. The maximum atomic E-state index is 11.3. The summed E-state index contributed by atoms with van der Waals surface area (Å²) >= 11 is 0. The van der Waals surface area contributed by atoms with Gasteiger partial charge in [0.2, 0.25) is 0 Å². The minimum absolute atomic E-state index is 0.447. The van der Waals surface area contributed by atoms with E-state index < -0.39 is 10.8 Å². The molecule has 1 N–H and O–H groups in total. The predicted octanol–water partition coefficient (Wildman–Crippen LogP) is 0.737. The highest BCUT2D eigenvalue weighted by molar-refractivity contribution is 7.85. The molecular weight excluding hydrogens is 250 g/mol. The summed E-state index contributed by atoms with van der Waals surface area (Å²) in [5, 5.41) is 7.35. The lowest BCUT2D eigenvalue weighted by Crippen LogP contribution is -2.37. The molecule has 0 atom stereocenters. The topological polar surface area (TPSA) is 58.4 Å². The average molecular weight is 271 g/mol. The maximum Gasteiger partial charge on any atom is 0.151 e. The Morgan fingerprint density at radius 1 is 1.50 bits per heavy atom. The van der Waals surface area contributed by atoms with Gasteiger partial charge in [-0.05, 0) is 0 Å². The van der Waals surface area contributed by atoms with Crippen LogP contribution >= 0.6 is 0 Å². The number of aromatic nitrogens is 1. The van der Waals surface area contributed by atoms with Crippen molar-refractivity contribution < 1.29 is 8.73 Å². The van der Waals surface area contributed by atoms with Crippen molar-refractivity contribution in [2.45, 2.75) is 33.0 Å². The van der Waals surface area contributed by atoms with Gasteiger partial charge in [-0.1, -0.05) is 19.0 Å². The molecule has 0 aromatic carbocycles. The molecule has 1 aromatic heterocycles. The Kier molecular flexibility index (Phi) is 4.91. The zero-order valence-electron chi connectivity index (χ0n) is 11.0. The maximum absolute atomic E-state index is 11.3. The first kappa shape index (κ1) is 13.7. The standard InChI is InChI=1S/C12H21N3O2S/c1-10(2)13-8-11-7-12(17-14-11)9-15-3-5-18(16)6-4-15/h7,10,13H,3-6,8-9H2,1-2H3. The Labute approximate surface area is 110 Å². The van der Waals surface area contributed by atoms with Crippen LogP contribution in [0.2, 0.25) is 0 Å². The molecule has 0 amide bonds. The summed E-state index contributed by atoms with van der Waals surface area (Å²) in [6, 6.07) is 2.45. The van der Waals surface area contributed by atoms with Crippen molar-refractivity contribution in [1.29, 1.82) is 0 Å². The van der Waals surface area contributed by atoms with Crippen LogP contribution in [0.1, 0.15) is 25.3 Å². The normalized spacial score (nSPS) is 18.6. The van der Waals surface area contributed by atoms with E-state index in [9.17, 15) is 4.21 Å². The van der Waals surface area contributed by atoms with E-state index in [2.05, 4.69) is 29.2 Å². The molecule has 0 unspecified atom stereocenters. The van der Waals surface area contributed by atoms with E-state index in [-0.39, 0.29) is 0 Å². The summed E-state index contributed by atoms with van der Waals surface area (Å²) in [6.45, 7) is 7.49. The molecule has 18 heavy (non-hydrogen) atoms. The van der Waals surface area contributed by atoms with Crippen LogP contribution in [0.3, 0.4) is 0 Å². The second kappa shape index (κ2) is 6.45. The smallest absolute Gasteiger partial charge is 0.151 e. The van der Waals surface area contributed by atoms with Crippen LogP contribution in [0.15, 0.2) is 10.6 Å². The van der Waals surface area contributed by atoms with Gasteiger partial charge in [0.25, 0.3) is 0 Å². The zero-order chi connectivity index (χ0) is 13.0. The number of hydrogen-bond donors (Lipinski definition) is 1. The van der Waals surface area contributed by atoms with E-state index in [0.717, 1.165) is 49.1 Å². The van der Waals surface area contributed by atoms with Gasteiger partial charge in [-0.3, -0.25) is 9.11 Å². The first-order chi connectivity index (χ1) is 8.63. The molecule has 5 nitrogen and oxygen atoms in total. The fraction of sp³-hybridized carbons (Fsp3) is 0.750. The average Bonchev–Trinajstić information content (AvgIpc) is 2.77. The largest absolute Gasteiger partial charge is 0.360 e. The summed E-state index contributed by atoms with van der Waals surface area (Å²) < 4.78 is 16.6. The van der Waals surface area contributed by atoms with E-state index in [0.29, 0.717) is 6.04 Å². The summed E-state index contributed by atoms with van der Waals surface area (Å²) in [5.74, 6) is 2.44. The molecule has 0 aliphatic carbocycles. The number of nitrogens with zero attached hydrogens (tertiary/aromatic N) is 2. The highest BCUT2D eigenvalue weighted by atomic mass is 32.2. The monoisotopic (exact) mass is 271 g/mol. The van der Waals surface area contributed by atoms with Gasteiger partial charge in [-0.25, -0.2) is 0 Å². The minimum Gasteiger partial charge on any atom is -0.360 e. The van der Waals surface area contributed by atoms with Gasteiger partial charge in [0.15, 0.2) is 5.76 Å². The van der Waals surface area contributed by atoms with E-state index in [1.54, 1.807) is 0 Å². The van der Waals surface area contributed by atoms with E-state index in [1.165, 1.54) is 0 Å². The third-order valence-corrected chi connectivity index (χ3v) is 4.22. The highest BCUT2D eigenvalue weighted by Gasteiger charge is 2.17. The lowest BCUT2D eigenvalue weighted by Gasteiger charge is -2.24. The Balaban J connectivity index is 1.81. The number of hydrogen-bond acceptors (Lipinski definition) is 5. The van der Waals surface area contributed by atoms with Gasteiger partial charge >= 0.3 is 0 Å². The lowest BCUT2D eigenvalue weighted by atomic mass is 10.3. The van der Waals surface area contributed by atoms with Crippen LogP contribution in [-0.2, 0) is 23.9 Å².